The van der Waals surface area contributed by atoms with E-state index in [0.29, 0.717) is 17.5 Å². The third-order valence-corrected chi connectivity index (χ3v) is 10.4. The number of fused-ring (bicyclic) bond motifs is 5. The zero-order valence-electron chi connectivity index (χ0n) is 28.1. The van der Waals surface area contributed by atoms with Crippen LogP contribution in [0.4, 0.5) is 0 Å². The maximum atomic E-state index is 5.01. The highest BCUT2D eigenvalue weighted by atomic mass is 15.0. The molecule has 4 nitrogen and oxygen atoms in total. The fourth-order valence-electron chi connectivity index (χ4n) is 8.04. The van der Waals surface area contributed by atoms with Crippen molar-refractivity contribution in [1.29, 1.82) is 0 Å². The molecule has 0 bridgehead atoms. The Morgan fingerprint density at radius 2 is 0.980 bits per heavy atom. The lowest BCUT2D eigenvalue weighted by atomic mass is 9.83. The van der Waals surface area contributed by atoms with Crippen molar-refractivity contribution in [2.45, 2.75) is 25.7 Å². The summed E-state index contributed by atoms with van der Waals surface area (Å²) in [5, 5.41) is 5.09. The smallest absolute Gasteiger partial charge is 0.164 e. The van der Waals surface area contributed by atoms with Crippen LogP contribution in [0.1, 0.15) is 29.8 Å². The second kappa shape index (κ2) is 12.2. The molecule has 0 atom stereocenters. The summed E-state index contributed by atoms with van der Waals surface area (Å²) in [5.74, 6) is 2.08. The van der Waals surface area contributed by atoms with Crippen LogP contribution in [-0.4, -0.2) is 19.5 Å². The Morgan fingerprint density at radius 1 is 0.431 bits per heavy atom. The van der Waals surface area contributed by atoms with Crippen molar-refractivity contribution in [3.8, 4) is 39.6 Å². The van der Waals surface area contributed by atoms with E-state index in [9.17, 15) is 0 Å². The van der Waals surface area contributed by atoms with Crippen molar-refractivity contribution in [3.05, 3.63) is 175 Å². The summed E-state index contributed by atoms with van der Waals surface area (Å²) in [6, 6.07) is 45.6. The minimum Gasteiger partial charge on any atom is -0.308 e. The molecule has 0 aliphatic heterocycles. The lowest BCUT2D eigenvalue weighted by Crippen LogP contribution is -2.09. The average Bonchev–Trinajstić information content (AvgIpc) is 3.54. The second-order valence-corrected chi connectivity index (χ2v) is 13.4. The SMILES string of the molecule is C1=CC(c2nc(-c3ccccc3)nc(-c3ccc(-c4c5c(c(-n6c7ccccc7c7ccccc76)c6ccccc46)CC=CC5)cc3)n2)=CCC1. The van der Waals surface area contributed by atoms with E-state index >= 15 is 0 Å². The van der Waals surface area contributed by atoms with Crippen LogP contribution < -0.4 is 0 Å². The Morgan fingerprint density at radius 3 is 1.65 bits per heavy atom. The van der Waals surface area contributed by atoms with Gasteiger partial charge in [0.2, 0.25) is 0 Å². The third-order valence-electron chi connectivity index (χ3n) is 10.4. The fourth-order valence-corrected chi connectivity index (χ4v) is 8.04. The predicted molar refractivity (Wildman–Crippen MR) is 211 cm³/mol. The van der Waals surface area contributed by atoms with Gasteiger partial charge in [-0.3, -0.25) is 0 Å². The minimum atomic E-state index is 0.682. The zero-order valence-corrected chi connectivity index (χ0v) is 28.1. The van der Waals surface area contributed by atoms with Gasteiger partial charge in [-0.1, -0.05) is 146 Å². The highest BCUT2D eigenvalue weighted by Gasteiger charge is 2.24. The number of rotatable bonds is 5. The number of nitrogens with zero attached hydrogens (tertiary/aromatic N) is 4. The number of hydrogen-bond acceptors (Lipinski definition) is 3. The average molecular weight is 655 g/mol. The summed E-state index contributed by atoms with van der Waals surface area (Å²) in [5.41, 5.74) is 12.1. The van der Waals surface area contributed by atoms with Gasteiger partial charge in [-0.05, 0) is 65.5 Å². The van der Waals surface area contributed by atoms with Gasteiger partial charge < -0.3 is 4.57 Å². The van der Waals surface area contributed by atoms with Crippen LogP contribution in [0.2, 0.25) is 0 Å². The number of allylic oxidation sites excluding steroid dienone is 6. The standard InChI is InChI=1S/C47H34N4/c1-3-15-32(16-4-1)45-48-46(33-17-5-2-6-18-33)50-47(49-45)34-29-27-31(28-30-34)43-37-21-7-9-23-39(37)44(40-24-10-8-22-38(40)43)51-41-25-13-11-19-35(41)36-20-12-14-26-42(36)51/h1,3-5,7-21,23,25-30H,2,6,22,24H2. The number of para-hydroxylation sites is 2. The first-order chi connectivity index (χ1) is 25.3. The molecule has 10 rings (SSSR count). The molecule has 0 radical (unpaired) electrons. The van der Waals surface area contributed by atoms with Crippen LogP contribution in [-0.2, 0) is 12.8 Å². The molecule has 2 aromatic heterocycles. The molecule has 0 N–H and O–H groups in total. The monoisotopic (exact) mass is 654 g/mol. The predicted octanol–water partition coefficient (Wildman–Crippen LogP) is 11.5. The van der Waals surface area contributed by atoms with E-state index in [1.54, 1.807) is 0 Å². The molecule has 0 unspecified atom stereocenters. The molecule has 6 aromatic carbocycles. The van der Waals surface area contributed by atoms with E-state index in [1.165, 1.54) is 60.5 Å². The van der Waals surface area contributed by atoms with Crippen molar-refractivity contribution in [2.75, 3.05) is 0 Å². The summed E-state index contributed by atoms with van der Waals surface area (Å²) in [6.45, 7) is 0. The summed E-state index contributed by atoms with van der Waals surface area (Å²) >= 11 is 0. The van der Waals surface area contributed by atoms with E-state index in [2.05, 4.69) is 144 Å². The molecule has 51 heavy (non-hydrogen) atoms. The highest BCUT2D eigenvalue weighted by molar-refractivity contribution is 6.12. The molecule has 0 saturated heterocycles. The molecule has 0 spiro atoms. The largest absolute Gasteiger partial charge is 0.308 e. The first-order valence-electron chi connectivity index (χ1n) is 17.8. The Balaban J connectivity index is 1.15. The minimum absolute atomic E-state index is 0.682. The Labute approximate surface area is 296 Å². The third kappa shape index (κ3) is 4.94. The van der Waals surface area contributed by atoms with Crippen molar-refractivity contribution < 1.29 is 0 Å². The molecule has 4 heteroatoms. The molecule has 242 valence electrons. The Kier molecular flexibility index (Phi) is 7.05. The number of hydrogen-bond donors (Lipinski definition) is 0. The zero-order chi connectivity index (χ0) is 33.7. The van der Waals surface area contributed by atoms with Gasteiger partial charge in [0.25, 0.3) is 0 Å². The van der Waals surface area contributed by atoms with E-state index in [4.69, 9.17) is 15.0 Å². The lowest BCUT2D eigenvalue weighted by molar-refractivity contribution is 1.01. The Hall–Kier alpha value is -6.39. The number of aromatic nitrogens is 4. The molecule has 0 saturated carbocycles. The van der Waals surface area contributed by atoms with Crippen LogP contribution in [0.5, 0.6) is 0 Å². The van der Waals surface area contributed by atoms with E-state index in [1.807, 2.05) is 18.2 Å². The highest BCUT2D eigenvalue weighted by Crippen LogP contribution is 2.44. The summed E-state index contributed by atoms with van der Waals surface area (Å²) in [7, 11) is 0. The van der Waals surface area contributed by atoms with Crippen molar-refractivity contribution in [1.82, 2.24) is 19.5 Å². The van der Waals surface area contributed by atoms with Crippen molar-refractivity contribution in [2.24, 2.45) is 0 Å². The second-order valence-electron chi connectivity index (χ2n) is 13.4. The molecule has 2 heterocycles. The van der Waals surface area contributed by atoms with Gasteiger partial charge in [0.1, 0.15) is 0 Å². The summed E-state index contributed by atoms with van der Waals surface area (Å²) < 4.78 is 2.51. The van der Waals surface area contributed by atoms with E-state index in [-0.39, 0.29) is 0 Å². The summed E-state index contributed by atoms with van der Waals surface area (Å²) in [6.07, 6.45) is 15.0. The Bertz CT molecular complexity index is 2680. The van der Waals surface area contributed by atoms with Crippen LogP contribution in [0.3, 0.4) is 0 Å². The molecule has 2 aliphatic rings. The van der Waals surface area contributed by atoms with Gasteiger partial charge in [-0.25, -0.2) is 15.0 Å². The van der Waals surface area contributed by atoms with Gasteiger partial charge in [0, 0.05) is 32.9 Å². The van der Waals surface area contributed by atoms with Crippen LogP contribution in [0.15, 0.2) is 158 Å². The quantitative estimate of drug-likeness (QED) is 0.173. The maximum absolute atomic E-state index is 5.01. The fraction of sp³-hybridized carbons (Fsp3) is 0.0851. The molecular formula is C47H34N4. The normalized spacial score (nSPS) is 13.9. The molecule has 8 aromatic rings. The molecular weight excluding hydrogens is 621 g/mol. The van der Waals surface area contributed by atoms with Gasteiger partial charge >= 0.3 is 0 Å². The van der Waals surface area contributed by atoms with Crippen LogP contribution >= 0.6 is 0 Å². The van der Waals surface area contributed by atoms with Crippen molar-refractivity contribution in [3.63, 3.8) is 0 Å². The van der Waals surface area contributed by atoms with Gasteiger partial charge in [-0.15, -0.1) is 0 Å². The topological polar surface area (TPSA) is 43.6 Å². The summed E-state index contributed by atoms with van der Waals surface area (Å²) in [4.78, 5) is 14.9. The van der Waals surface area contributed by atoms with E-state index in [0.717, 1.165) is 42.4 Å². The first kappa shape index (κ1) is 29.5. The van der Waals surface area contributed by atoms with Crippen LogP contribution in [0.25, 0.3) is 77.7 Å². The maximum Gasteiger partial charge on any atom is 0.164 e. The van der Waals surface area contributed by atoms with Gasteiger partial charge in [0.05, 0.1) is 16.7 Å². The first-order valence-corrected chi connectivity index (χ1v) is 17.8. The van der Waals surface area contributed by atoms with Gasteiger partial charge in [0.15, 0.2) is 17.5 Å². The molecule has 0 fully saturated rings. The van der Waals surface area contributed by atoms with Crippen LogP contribution in [0, 0.1) is 0 Å². The number of benzene rings is 6. The molecule has 0 amide bonds. The lowest BCUT2D eigenvalue weighted by Gasteiger charge is -2.25. The molecule has 2 aliphatic carbocycles. The van der Waals surface area contributed by atoms with Crippen molar-refractivity contribution >= 4 is 38.2 Å². The van der Waals surface area contributed by atoms with E-state index < -0.39 is 0 Å². The van der Waals surface area contributed by atoms with Gasteiger partial charge in [-0.2, -0.15) is 0 Å².